The van der Waals surface area contributed by atoms with E-state index in [4.69, 9.17) is 11.6 Å². The molecule has 0 saturated heterocycles. The molecule has 3 N–H and O–H groups in total. The molecule has 12 nitrogen and oxygen atoms in total. The van der Waals surface area contributed by atoms with Gasteiger partial charge in [-0.1, -0.05) is 11.6 Å². The van der Waals surface area contributed by atoms with Crippen molar-refractivity contribution in [3.05, 3.63) is 41.4 Å². The molecule has 212 valence electrons. The fourth-order valence-corrected chi connectivity index (χ4v) is 5.78. The first-order valence-electron chi connectivity index (χ1n) is 11.6. The average molecular weight is 602 g/mol. The number of carbonyl (C=O) groups excluding carboxylic acids is 1. The summed E-state index contributed by atoms with van der Waals surface area (Å²) in [5.41, 5.74) is 0.879. The molecule has 1 unspecified atom stereocenters. The Kier molecular flexibility index (Phi) is 9.85. The largest absolute Gasteiger partial charge is 0.453 e. The molecule has 1 amide bonds. The molecule has 39 heavy (non-hydrogen) atoms. The van der Waals surface area contributed by atoms with Gasteiger partial charge in [-0.2, -0.15) is 5.10 Å². The van der Waals surface area contributed by atoms with E-state index in [1.165, 1.54) is 25.4 Å². The lowest BCUT2D eigenvalue weighted by molar-refractivity contribution is 0.168. The molecule has 2 aromatic heterocycles. The molecule has 0 aliphatic heterocycles. The van der Waals surface area contributed by atoms with Gasteiger partial charge in [0.2, 0.25) is 5.95 Å². The number of amides is 1. The van der Waals surface area contributed by atoms with E-state index in [0.29, 0.717) is 17.8 Å². The lowest BCUT2D eigenvalue weighted by Gasteiger charge is -2.14. The topological polar surface area (TPSA) is 157 Å². The summed E-state index contributed by atoms with van der Waals surface area (Å²) < 4.78 is 59.6. The smallest absolute Gasteiger partial charge is 0.407 e. The van der Waals surface area contributed by atoms with Crippen molar-refractivity contribution in [3.63, 3.8) is 0 Å². The predicted molar refractivity (Wildman–Crippen MR) is 149 cm³/mol. The van der Waals surface area contributed by atoms with Crippen molar-refractivity contribution in [3.8, 4) is 22.5 Å². The number of aromatic nitrogens is 4. The number of anilines is 2. The second-order valence-electron chi connectivity index (χ2n) is 8.95. The number of halogens is 2. The van der Waals surface area contributed by atoms with Crippen molar-refractivity contribution in [1.29, 1.82) is 0 Å². The van der Waals surface area contributed by atoms with Gasteiger partial charge in [0.15, 0.2) is 15.7 Å². The van der Waals surface area contributed by atoms with Gasteiger partial charge in [-0.25, -0.2) is 31.8 Å². The number of benzene rings is 1. The van der Waals surface area contributed by atoms with Crippen molar-refractivity contribution in [2.45, 2.75) is 32.9 Å². The summed E-state index contributed by atoms with van der Waals surface area (Å²) in [6, 6.07) is 3.86. The number of nitrogens with zero attached hydrogens (tertiary/aromatic N) is 4. The summed E-state index contributed by atoms with van der Waals surface area (Å²) in [7, 11) is -4.42. The molecule has 2 atom stereocenters. The van der Waals surface area contributed by atoms with E-state index in [2.05, 4.69) is 35.2 Å². The molecule has 0 saturated carbocycles. The van der Waals surface area contributed by atoms with Gasteiger partial charge in [-0.3, -0.25) is 4.68 Å². The van der Waals surface area contributed by atoms with E-state index >= 15 is 4.39 Å². The Labute approximate surface area is 233 Å². The van der Waals surface area contributed by atoms with Crippen LogP contribution in [0.3, 0.4) is 0 Å². The molecule has 3 rings (SSSR count). The number of sulfone groups is 1. The molecule has 3 aromatic rings. The number of hydrogen-bond acceptors (Lipinski definition) is 9. The molecule has 0 bridgehead atoms. The number of rotatable bonds is 11. The molecule has 1 aromatic carbocycles. The van der Waals surface area contributed by atoms with Gasteiger partial charge in [0.05, 0.1) is 18.5 Å². The lowest BCUT2D eigenvalue weighted by Crippen LogP contribution is -2.37. The third-order valence-corrected chi connectivity index (χ3v) is 8.38. The molecule has 0 fully saturated rings. The zero-order chi connectivity index (χ0) is 28.9. The van der Waals surface area contributed by atoms with E-state index in [-0.39, 0.29) is 40.0 Å². The third-order valence-electron chi connectivity index (χ3n) is 5.15. The highest BCUT2D eigenvalue weighted by Gasteiger charge is 2.23. The van der Waals surface area contributed by atoms with E-state index in [1.54, 1.807) is 23.9 Å². The Morgan fingerprint density at radius 3 is 2.62 bits per heavy atom. The van der Waals surface area contributed by atoms with E-state index in [1.807, 2.05) is 13.8 Å². The maximum atomic E-state index is 15.7. The van der Waals surface area contributed by atoms with Crippen LogP contribution in [-0.4, -0.2) is 69.5 Å². The quantitative estimate of drug-likeness (QED) is 0.298. The number of carbonyl (C=O) groups is 1. The van der Waals surface area contributed by atoms with E-state index < -0.39 is 37.8 Å². The molecule has 0 aliphatic carbocycles. The lowest BCUT2D eigenvalue weighted by atomic mass is 10.0. The predicted octanol–water partition coefficient (Wildman–Crippen LogP) is 3.61. The summed E-state index contributed by atoms with van der Waals surface area (Å²) >= 11 is 6.27. The van der Waals surface area contributed by atoms with Crippen molar-refractivity contribution in [2.75, 3.05) is 35.0 Å². The number of methoxy groups -OCH3 is 1. The first-order chi connectivity index (χ1) is 18.3. The Morgan fingerprint density at radius 2 is 1.97 bits per heavy atom. The molecule has 0 radical (unpaired) electrons. The van der Waals surface area contributed by atoms with Crippen molar-refractivity contribution in [2.24, 2.45) is 0 Å². The van der Waals surface area contributed by atoms with Crippen LogP contribution < -0.4 is 15.4 Å². The van der Waals surface area contributed by atoms with Crippen molar-refractivity contribution < 1.29 is 26.5 Å². The minimum Gasteiger partial charge on any atom is -0.453 e. The average Bonchev–Trinajstić information content (AvgIpc) is 3.29. The Bertz CT molecular complexity index is 1480. The molecular formula is C23H29ClFN7O5S2. The number of ether oxygens (including phenoxy) is 1. The van der Waals surface area contributed by atoms with E-state index in [0.717, 1.165) is 6.26 Å². The van der Waals surface area contributed by atoms with Crippen LogP contribution in [0.15, 0.2) is 30.6 Å². The van der Waals surface area contributed by atoms with Crippen LogP contribution in [0.25, 0.3) is 22.5 Å². The number of nitrogens with one attached hydrogen (secondary N) is 3. The van der Waals surface area contributed by atoms with Crippen LogP contribution in [0.2, 0.25) is 5.02 Å². The monoisotopic (exact) mass is 601 g/mol. The van der Waals surface area contributed by atoms with Gasteiger partial charge >= 0.3 is 6.09 Å². The third kappa shape index (κ3) is 8.34. The van der Waals surface area contributed by atoms with Crippen molar-refractivity contribution in [1.82, 2.24) is 25.1 Å². The second-order valence-corrected chi connectivity index (χ2v) is 13.1. The summed E-state index contributed by atoms with van der Waals surface area (Å²) in [5, 5.41) is 9.64. The maximum absolute atomic E-state index is 15.7. The summed E-state index contributed by atoms with van der Waals surface area (Å²) in [5.74, 6) is -0.550. The van der Waals surface area contributed by atoms with Crippen LogP contribution in [0.5, 0.6) is 0 Å². The van der Waals surface area contributed by atoms with Crippen LogP contribution >= 0.6 is 11.6 Å². The summed E-state index contributed by atoms with van der Waals surface area (Å²) in [6.07, 6.45) is 3.60. The van der Waals surface area contributed by atoms with Crippen LogP contribution in [0, 0.1) is 5.82 Å². The van der Waals surface area contributed by atoms with Gasteiger partial charge in [0.25, 0.3) is 0 Å². The van der Waals surface area contributed by atoms with Gasteiger partial charge in [-0.05, 0) is 39.0 Å². The first kappa shape index (κ1) is 30.2. The molecule has 16 heteroatoms. The van der Waals surface area contributed by atoms with Crippen molar-refractivity contribution >= 4 is 50.2 Å². The zero-order valence-corrected chi connectivity index (χ0v) is 24.2. The normalized spacial score (nSPS) is 13.1. The minimum absolute atomic E-state index is 0.000206. The molecular weight excluding hydrogens is 573 g/mol. The fraction of sp³-hybridized carbons (Fsp3) is 0.391. The zero-order valence-electron chi connectivity index (χ0n) is 21.9. The van der Waals surface area contributed by atoms with Crippen LogP contribution in [-0.2, 0) is 25.6 Å². The van der Waals surface area contributed by atoms with Gasteiger partial charge < -0.3 is 20.1 Å². The minimum atomic E-state index is -3.58. The summed E-state index contributed by atoms with van der Waals surface area (Å²) in [4.78, 5) is 20.1. The highest BCUT2D eigenvalue weighted by atomic mass is 35.5. The first-order valence-corrected chi connectivity index (χ1v) is 15.4. The molecule has 0 aliphatic rings. The summed E-state index contributed by atoms with van der Waals surface area (Å²) in [6.45, 7) is 5.88. The SMILES string of the molecule is COC(=O)N[C@@H](C)CNc1nccc(-c2cn(C(C)C)nc2-c2cc(Cl)cc(NS(=O)CS(C)(=O)=O)c2F)n1. The number of hydrogen-bond donors (Lipinski definition) is 3. The Morgan fingerprint density at radius 1 is 1.26 bits per heavy atom. The van der Waals surface area contributed by atoms with Gasteiger partial charge in [-0.15, -0.1) is 0 Å². The molecule has 2 heterocycles. The highest BCUT2D eigenvalue weighted by Crippen LogP contribution is 2.37. The van der Waals surface area contributed by atoms with E-state index in [9.17, 15) is 17.4 Å². The van der Waals surface area contributed by atoms with Gasteiger partial charge in [0, 0.05) is 53.4 Å². The fourth-order valence-electron chi connectivity index (χ4n) is 3.37. The standard InChI is InChI=1S/C23H29ClFN7O5S2/c1-13(2)32-11-17(18-6-7-26-22(29-18)27-10-14(3)28-23(33)37-4)21(30-32)16-8-15(24)9-19(20(16)25)31-38(34)12-39(5,35)36/h6-9,11,13-14,31H,10,12H2,1-5H3,(H,28,33)(H,26,27,29)/t14-,38?/m0/s1. The Balaban J connectivity index is 2.00. The van der Waals surface area contributed by atoms with Gasteiger partial charge in [0.1, 0.15) is 21.8 Å². The maximum Gasteiger partial charge on any atom is 0.407 e. The van der Waals surface area contributed by atoms with Crippen LogP contribution in [0.4, 0.5) is 20.8 Å². The second kappa shape index (κ2) is 12.7. The van der Waals surface area contributed by atoms with Crippen LogP contribution in [0.1, 0.15) is 26.8 Å². The highest BCUT2D eigenvalue weighted by molar-refractivity contribution is 8.05. The molecule has 0 spiro atoms. The number of alkyl carbamates (subject to hydrolysis) is 1. The Hall–Kier alpha value is -3.30.